The van der Waals surface area contributed by atoms with Crippen molar-refractivity contribution in [3.8, 4) is 0 Å². The molecule has 88 valence electrons. The van der Waals surface area contributed by atoms with Crippen molar-refractivity contribution in [2.75, 3.05) is 0 Å². The lowest BCUT2D eigenvalue weighted by Crippen LogP contribution is -1.88. The molecule has 0 unspecified atom stereocenters. The van der Waals surface area contributed by atoms with Crippen molar-refractivity contribution in [3.05, 3.63) is 54.6 Å². The largest absolute Gasteiger partial charge is 0.237 e. The maximum atomic E-state index is 11.2. The van der Waals surface area contributed by atoms with Gasteiger partial charge in [-0.1, -0.05) is 30.0 Å². The van der Waals surface area contributed by atoms with Gasteiger partial charge in [0.05, 0.1) is 19.7 Å². The van der Waals surface area contributed by atoms with E-state index in [9.17, 15) is 8.42 Å². The van der Waals surface area contributed by atoms with Crippen LogP contribution in [0.4, 0.5) is 0 Å². The Hall–Kier alpha value is -0.780. The first-order chi connectivity index (χ1) is 8.05. The summed E-state index contributed by atoms with van der Waals surface area (Å²) in [5.41, 5.74) is 0. The van der Waals surface area contributed by atoms with Gasteiger partial charge in [-0.3, -0.25) is 0 Å². The highest BCUT2D eigenvalue weighted by Gasteiger charge is 2.08. The van der Waals surface area contributed by atoms with Crippen LogP contribution in [0, 0.1) is 0 Å². The van der Waals surface area contributed by atoms with E-state index in [4.69, 9.17) is 0 Å². The first kappa shape index (κ1) is 12.7. The van der Waals surface area contributed by atoms with E-state index in [1.165, 1.54) is 0 Å². The van der Waals surface area contributed by atoms with Crippen LogP contribution in [-0.2, 0) is 8.27 Å². The highest BCUT2D eigenvalue weighted by atomic mass is 79.9. The van der Waals surface area contributed by atoms with Crippen molar-refractivity contribution in [2.24, 2.45) is 0 Å². The molecule has 2 rings (SSSR count). The third-order valence-corrected chi connectivity index (χ3v) is 5.06. The standard InChI is InChI=1S/C12H9BrO2S2/c13-17(14,15)12-8-6-11(7-9-12)16-10-4-2-1-3-5-10/h1-9H. The smallest absolute Gasteiger partial charge is 0.212 e. The number of benzene rings is 2. The fraction of sp³-hybridized carbons (Fsp3) is 0. The highest BCUT2D eigenvalue weighted by molar-refractivity contribution is 9.47. The predicted molar refractivity (Wildman–Crippen MR) is 73.1 cm³/mol. The zero-order valence-electron chi connectivity index (χ0n) is 8.71. The van der Waals surface area contributed by atoms with Crippen molar-refractivity contribution in [1.82, 2.24) is 0 Å². The molecular formula is C12H9BrO2S2. The minimum Gasteiger partial charge on any atom is -0.212 e. The Morgan fingerprint density at radius 1 is 0.824 bits per heavy atom. The van der Waals surface area contributed by atoms with Gasteiger partial charge in [-0.2, -0.15) is 0 Å². The maximum Gasteiger partial charge on any atom is 0.237 e. The van der Waals surface area contributed by atoms with Crippen molar-refractivity contribution >= 4 is 34.8 Å². The Morgan fingerprint density at radius 2 is 1.35 bits per heavy atom. The zero-order valence-corrected chi connectivity index (χ0v) is 11.9. The van der Waals surface area contributed by atoms with Crippen molar-refractivity contribution < 1.29 is 8.42 Å². The Bertz CT molecular complexity index is 592. The van der Waals surface area contributed by atoms with Gasteiger partial charge >= 0.3 is 0 Å². The summed E-state index contributed by atoms with van der Waals surface area (Å²) in [7, 11) is -3.29. The van der Waals surface area contributed by atoms with Crippen molar-refractivity contribution in [2.45, 2.75) is 14.7 Å². The molecule has 0 aliphatic heterocycles. The highest BCUT2D eigenvalue weighted by Crippen LogP contribution is 2.28. The molecule has 0 N–H and O–H groups in total. The zero-order chi connectivity index (χ0) is 12.3. The van der Waals surface area contributed by atoms with Crippen LogP contribution in [0.3, 0.4) is 0 Å². The Balaban J connectivity index is 2.20. The lowest BCUT2D eigenvalue weighted by Gasteiger charge is -2.02. The van der Waals surface area contributed by atoms with Gasteiger partial charge < -0.3 is 0 Å². The molecular weight excluding hydrogens is 320 g/mol. The van der Waals surface area contributed by atoms with Crippen LogP contribution in [-0.4, -0.2) is 8.42 Å². The second kappa shape index (κ2) is 5.25. The maximum absolute atomic E-state index is 11.2. The molecule has 5 heteroatoms. The fourth-order valence-electron chi connectivity index (χ4n) is 1.29. The molecule has 2 aromatic rings. The van der Waals surface area contributed by atoms with Gasteiger partial charge in [0.15, 0.2) is 0 Å². The van der Waals surface area contributed by atoms with E-state index in [-0.39, 0.29) is 4.90 Å². The molecule has 0 heterocycles. The van der Waals surface area contributed by atoms with E-state index in [0.29, 0.717) is 0 Å². The minimum atomic E-state index is -3.29. The molecule has 0 spiro atoms. The fourth-order valence-corrected chi connectivity index (χ4v) is 3.24. The first-order valence-electron chi connectivity index (χ1n) is 4.83. The summed E-state index contributed by atoms with van der Waals surface area (Å²) in [5.74, 6) is 0. The molecule has 0 aromatic heterocycles. The summed E-state index contributed by atoms with van der Waals surface area (Å²) < 4.78 is 22.4. The number of hydrogen-bond acceptors (Lipinski definition) is 3. The van der Waals surface area contributed by atoms with E-state index in [1.54, 1.807) is 36.0 Å². The predicted octanol–water partition coefficient (Wildman–Crippen LogP) is 3.92. The molecule has 2 aromatic carbocycles. The molecule has 0 aliphatic carbocycles. The van der Waals surface area contributed by atoms with Crippen LogP contribution in [0.25, 0.3) is 0 Å². The summed E-state index contributed by atoms with van der Waals surface area (Å²) >= 11 is 4.24. The van der Waals surface area contributed by atoms with Crippen LogP contribution >= 0.6 is 26.6 Å². The average Bonchev–Trinajstić information content (AvgIpc) is 2.30. The van der Waals surface area contributed by atoms with E-state index < -0.39 is 8.27 Å². The van der Waals surface area contributed by atoms with Gasteiger partial charge in [0.1, 0.15) is 0 Å². The molecule has 0 saturated heterocycles. The van der Waals surface area contributed by atoms with Crippen LogP contribution in [0.1, 0.15) is 0 Å². The molecule has 0 radical (unpaired) electrons. The van der Waals surface area contributed by atoms with Gasteiger partial charge in [-0.25, -0.2) is 8.42 Å². The molecule has 0 saturated carbocycles. The van der Waals surface area contributed by atoms with Gasteiger partial charge in [0.2, 0.25) is 8.27 Å². The normalized spacial score (nSPS) is 11.4. The monoisotopic (exact) mass is 328 g/mol. The van der Waals surface area contributed by atoms with Gasteiger partial charge in [0.25, 0.3) is 0 Å². The summed E-state index contributed by atoms with van der Waals surface area (Å²) in [6.45, 7) is 0. The summed E-state index contributed by atoms with van der Waals surface area (Å²) in [4.78, 5) is 2.41. The van der Waals surface area contributed by atoms with Crippen LogP contribution in [0.2, 0.25) is 0 Å². The molecule has 0 amide bonds. The molecule has 0 aliphatic rings. The number of halogens is 1. The second-order valence-electron chi connectivity index (χ2n) is 3.32. The van der Waals surface area contributed by atoms with Gasteiger partial charge in [0, 0.05) is 9.79 Å². The van der Waals surface area contributed by atoms with Crippen molar-refractivity contribution in [3.63, 3.8) is 0 Å². The Kier molecular flexibility index (Phi) is 3.91. The van der Waals surface area contributed by atoms with Crippen LogP contribution in [0.15, 0.2) is 69.3 Å². The van der Waals surface area contributed by atoms with E-state index >= 15 is 0 Å². The minimum absolute atomic E-state index is 0.273. The van der Waals surface area contributed by atoms with E-state index in [1.807, 2.05) is 30.3 Å². The van der Waals surface area contributed by atoms with Crippen molar-refractivity contribution in [1.29, 1.82) is 0 Å². The van der Waals surface area contributed by atoms with E-state index in [0.717, 1.165) is 9.79 Å². The van der Waals surface area contributed by atoms with Crippen LogP contribution in [0.5, 0.6) is 0 Å². The van der Waals surface area contributed by atoms with Gasteiger partial charge in [-0.15, -0.1) is 0 Å². The summed E-state index contributed by atoms with van der Waals surface area (Å²) in [6, 6.07) is 16.7. The summed E-state index contributed by atoms with van der Waals surface area (Å²) in [6.07, 6.45) is 0. The lowest BCUT2D eigenvalue weighted by molar-refractivity contribution is 0.611. The molecule has 0 bridgehead atoms. The topological polar surface area (TPSA) is 34.1 Å². The SMILES string of the molecule is O=S(=O)(Br)c1ccc(Sc2ccccc2)cc1. The first-order valence-corrected chi connectivity index (χ1v) is 8.97. The molecule has 17 heavy (non-hydrogen) atoms. The summed E-state index contributed by atoms with van der Waals surface area (Å²) in [5, 5.41) is 0. The molecule has 2 nitrogen and oxygen atoms in total. The molecule has 0 atom stereocenters. The third kappa shape index (κ3) is 3.59. The second-order valence-corrected chi connectivity index (χ2v) is 8.38. The molecule has 0 fully saturated rings. The Labute approximate surface area is 112 Å². The third-order valence-electron chi connectivity index (χ3n) is 2.08. The Morgan fingerprint density at radius 3 is 1.88 bits per heavy atom. The van der Waals surface area contributed by atoms with E-state index in [2.05, 4.69) is 14.8 Å². The van der Waals surface area contributed by atoms with Gasteiger partial charge in [-0.05, 0) is 36.4 Å². The lowest BCUT2D eigenvalue weighted by atomic mass is 10.4. The quantitative estimate of drug-likeness (QED) is 0.801. The van der Waals surface area contributed by atoms with Crippen LogP contribution < -0.4 is 0 Å². The number of rotatable bonds is 3. The number of hydrogen-bond donors (Lipinski definition) is 0. The average molecular weight is 329 g/mol.